The topological polar surface area (TPSA) is 88.6 Å². The summed E-state index contributed by atoms with van der Waals surface area (Å²) in [6.45, 7) is 0.506. The maximum atomic E-state index is 13.1. The van der Waals surface area contributed by atoms with Gasteiger partial charge in [-0.3, -0.25) is 9.59 Å². The van der Waals surface area contributed by atoms with E-state index in [1.54, 1.807) is 12.1 Å². The highest BCUT2D eigenvalue weighted by molar-refractivity contribution is 5.95. The Morgan fingerprint density at radius 2 is 1.67 bits per heavy atom. The highest BCUT2D eigenvalue weighted by Gasteiger charge is 2.28. The van der Waals surface area contributed by atoms with Crippen LogP contribution in [0, 0.1) is 0 Å². The molecule has 2 aromatic carbocycles. The molecule has 1 fully saturated rings. The number of benzene rings is 2. The maximum absolute atomic E-state index is 13.1. The molecule has 0 bridgehead atoms. The van der Waals surface area contributed by atoms with Crippen LogP contribution in [0.4, 0.5) is 5.69 Å². The van der Waals surface area contributed by atoms with Crippen LogP contribution in [0.1, 0.15) is 53.8 Å². The molecule has 3 aromatic rings. The van der Waals surface area contributed by atoms with Crippen LogP contribution in [-0.4, -0.2) is 28.8 Å². The van der Waals surface area contributed by atoms with Crippen LogP contribution in [0.25, 0.3) is 0 Å². The van der Waals surface area contributed by atoms with Gasteiger partial charge in [0.2, 0.25) is 5.91 Å². The Kier molecular flexibility index (Phi) is 7.58. The van der Waals surface area contributed by atoms with Crippen LogP contribution < -0.4 is 11.1 Å². The van der Waals surface area contributed by atoms with Gasteiger partial charge in [-0.15, -0.1) is 0 Å². The van der Waals surface area contributed by atoms with Gasteiger partial charge in [0.15, 0.2) is 5.76 Å². The zero-order valence-corrected chi connectivity index (χ0v) is 18.8. The smallest absolute Gasteiger partial charge is 0.290 e. The Morgan fingerprint density at radius 1 is 0.939 bits per heavy atom. The van der Waals surface area contributed by atoms with Crippen LogP contribution in [-0.2, 0) is 17.8 Å². The third-order valence-electron chi connectivity index (χ3n) is 6.22. The van der Waals surface area contributed by atoms with Gasteiger partial charge in [0.05, 0.1) is 12.3 Å². The van der Waals surface area contributed by atoms with Crippen LogP contribution in [0.3, 0.4) is 0 Å². The van der Waals surface area contributed by atoms with Gasteiger partial charge in [0.1, 0.15) is 0 Å². The van der Waals surface area contributed by atoms with Crippen molar-refractivity contribution in [2.45, 2.75) is 57.2 Å². The first-order chi connectivity index (χ1) is 16.1. The molecule has 0 saturated heterocycles. The average Bonchev–Trinajstić information content (AvgIpc) is 3.39. The normalized spacial score (nSPS) is 15.1. The lowest BCUT2D eigenvalue weighted by molar-refractivity contribution is -0.117. The standard InChI is InChI=1S/C27H31N3O3/c28-24(18-20-8-3-1-4-9-20)26(31)29-22-15-13-21(14-16-22)19-30(23-10-5-2-6-11-23)27(32)25-12-7-17-33-25/h1,3-4,7-9,12-17,23-24H,2,5-6,10-11,18-19,28H2,(H,29,31)/t24-/m1/s1. The molecular weight excluding hydrogens is 414 g/mol. The van der Waals surface area contributed by atoms with E-state index >= 15 is 0 Å². The summed E-state index contributed by atoms with van der Waals surface area (Å²) in [6, 6.07) is 20.4. The summed E-state index contributed by atoms with van der Waals surface area (Å²) < 4.78 is 5.38. The molecule has 1 saturated carbocycles. The lowest BCUT2D eigenvalue weighted by Crippen LogP contribution is -2.40. The zero-order valence-electron chi connectivity index (χ0n) is 18.8. The number of hydrogen-bond acceptors (Lipinski definition) is 4. The molecule has 0 unspecified atom stereocenters. The summed E-state index contributed by atoms with van der Waals surface area (Å²) in [5.74, 6) is 0.0801. The zero-order chi connectivity index (χ0) is 23.0. The number of carbonyl (C=O) groups is 2. The van der Waals surface area contributed by atoms with Gasteiger partial charge in [-0.2, -0.15) is 0 Å². The summed E-state index contributed by atoms with van der Waals surface area (Å²) >= 11 is 0. The molecule has 0 aliphatic heterocycles. The molecule has 1 aliphatic rings. The van der Waals surface area contributed by atoms with E-state index in [2.05, 4.69) is 5.32 Å². The molecule has 1 atom stereocenters. The van der Waals surface area contributed by atoms with Crippen molar-refractivity contribution in [3.63, 3.8) is 0 Å². The van der Waals surface area contributed by atoms with Crippen molar-refractivity contribution in [3.05, 3.63) is 89.9 Å². The Hall–Kier alpha value is -3.38. The first kappa shape index (κ1) is 22.8. The summed E-state index contributed by atoms with van der Waals surface area (Å²) in [7, 11) is 0. The Morgan fingerprint density at radius 3 is 2.33 bits per heavy atom. The number of nitrogens with one attached hydrogen (secondary N) is 1. The van der Waals surface area contributed by atoms with Crippen LogP contribution >= 0.6 is 0 Å². The molecular formula is C27H31N3O3. The second-order valence-electron chi connectivity index (χ2n) is 8.68. The number of carbonyl (C=O) groups excluding carboxylic acids is 2. The molecule has 0 spiro atoms. The second-order valence-corrected chi connectivity index (χ2v) is 8.68. The van der Waals surface area contributed by atoms with Gasteiger partial charge in [-0.05, 0) is 54.7 Å². The third-order valence-corrected chi connectivity index (χ3v) is 6.22. The van der Waals surface area contributed by atoms with E-state index < -0.39 is 6.04 Å². The summed E-state index contributed by atoms with van der Waals surface area (Å²) in [5.41, 5.74) is 8.81. The van der Waals surface area contributed by atoms with E-state index in [0.29, 0.717) is 24.4 Å². The lowest BCUT2D eigenvalue weighted by atomic mass is 9.93. The maximum Gasteiger partial charge on any atom is 0.290 e. The molecule has 1 heterocycles. The SMILES string of the molecule is N[C@H](Cc1ccccc1)C(=O)Nc1ccc(CN(C(=O)c2ccco2)C2CCCCC2)cc1. The number of nitrogens with zero attached hydrogens (tertiary/aromatic N) is 1. The van der Waals surface area contributed by atoms with E-state index in [0.717, 1.165) is 36.8 Å². The van der Waals surface area contributed by atoms with Gasteiger partial charge >= 0.3 is 0 Å². The molecule has 6 heteroatoms. The minimum atomic E-state index is -0.625. The number of hydrogen-bond donors (Lipinski definition) is 2. The highest BCUT2D eigenvalue weighted by Crippen LogP contribution is 2.26. The van der Waals surface area contributed by atoms with E-state index in [9.17, 15) is 9.59 Å². The average molecular weight is 446 g/mol. The van der Waals surface area contributed by atoms with Crippen LogP contribution in [0.5, 0.6) is 0 Å². The van der Waals surface area contributed by atoms with Gasteiger partial charge in [-0.1, -0.05) is 61.7 Å². The molecule has 172 valence electrons. The summed E-state index contributed by atoms with van der Waals surface area (Å²) in [6.07, 6.45) is 7.55. The van der Waals surface area contributed by atoms with Crippen molar-refractivity contribution in [1.82, 2.24) is 4.90 Å². The predicted octanol–water partition coefficient (Wildman–Crippen LogP) is 4.76. The molecule has 6 nitrogen and oxygen atoms in total. The molecule has 0 radical (unpaired) electrons. The van der Waals surface area contributed by atoms with Gasteiger partial charge in [-0.25, -0.2) is 0 Å². The van der Waals surface area contributed by atoms with E-state index in [4.69, 9.17) is 10.2 Å². The van der Waals surface area contributed by atoms with Crippen molar-refractivity contribution in [1.29, 1.82) is 0 Å². The lowest BCUT2D eigenvalue weighted by Gasteiger charge is -2.34. The minimum Gasteiger partial charge on any atom is -0.459 e. The molecule has 1 aromatic heterocycles. The van der Waals surface area contributed by atoms with Gasteiger partial charge in [0, 0.05) is 18.3 Å². The quantitative estimate of drug-likeness (QED) is 0.523. The predicted molar refractivity (Wildman–Crippen MR) is 129 cm³/mol. The molecule has 1 aliphatic carbocycles. The first-order valence-corrected chi connectivity index (χ1v) is 11.6. The number of rotatable bonds is 8. The number of anilines is 1. The minimum absolute atomic E-state index is 0.0730. The van der Waals surface area contributed by atoms with Crippen molar-refractivity contribution in [2.75, 3.05) is 5.32 Å². The Labute approximate surface area is 194 Å². The summed E-state index contributed by atoms with van der Waals surface area (Å²) in [4.78, 5) is 27.5. The van der Waals surface area contributed by atoms with E-state index in [1.807, 2.05) is 59.5 Å². The number of nitrogens with two attached hydrogens (primary N) is 1. The third kappa shape index (κ3) is 6.11. The Balaban J connectivity index is 1.39. The monoisotopic (exact) mass is 445 g/mol. The fourth-order valence-electron chi connectivity index (χ4n) is 4.39. The number of amides is 2. The van der Waals surface area contributed by atoms with Gasteiger partial charge < -0.3 is 20.4 Å². The van der Waals surface area contributed by atoms with Crippen LogP contribution in [0.2, 0.25) is 0 Å². The molecule has 3 N–H and O–H groups in total. The number of furan rings is 1. The van der Waals surface area contributed by atoms with E-state index in [-0.39, 0.29) is 17.9 Å². The van der Waals surface area contributed by atoms with E-state index in [1.165, 1.54) is 12.7 Å². The molecule has 33 heavy (non-hydrogen) atoms. The van der Waals surface area contributed by atoms with Gasteiger partial charge in [0.25, 0.3) is 5.91 Å². The second kappa shape index (κ2) is 11.0. The van der Waals surface area contributed by atoms with Crippen molar-refractivity contribution in [3.8, 4) is 0 Å². The van der Waals surface area contributed by atoms with Crippen LogP contribution in [0.15, 0.2) is 77.4 Å². The molecule has 4 rings (SSSR count). The fourth-order valence-corrected chi connectivity index (χ4v) is 4.39. The summed E-state index contributed by atoms with van der Waals surface area (Å²) in [5, 5.41) is 2.89. The van der Waals surface area contributed by atoms with Crippen molar-refractivity contribution in [2.24, 2.45) is 5.73 Å². The first-order valence-electron chi connectivity index (χ1n) is 11.6. The largest absolute Gasteiger partial charge is 0.459 e. The fraction of sp³-hybridized carbons (Fsp3) is 0.333. The van der Waals surface area contributed by atoms with Crippen molar-refractivity contribution < 1.29 is 14.0 Å². The molecule has 2 amide bonds. The Bertz CT molecular complexity index is 1030. The van der Waals surface area contributed by atoms with Crippen molar-refractivity contribution >= 4 is 17.5 Å². The highest BCUT2D eigenvalue weighted by atomic mass is 16.3.